The van der Waals surface area contributed by atoms with E-state index in [1.165, 1.54) is 16.8 Å². The Bertz CT molecular complexity index is 518. The van der Waals surface area contributed by atoms with E-state index in [0.717, 1.165) is 17.8 Å². The summed E-state index contributed by atoms with van der Waals surface area (Å²) in [6.45, 7) is 0. The van der Waals surface area contributed by atoms with Crippen LogP contribution in [0.5, 0.6) is 0 Å². The van der Waals surface area contributed by atoms with Gasteiger partial charge in [-0.05, 0) is 29.3 Å². The first-order chi connectivity index (χ1) is 7.33. The van der Waals surface area contributed by atoms with Gasteiger partial charge in [0.1, 0.15) is 0 Å². The molecule has 1 aliphatic heterocycles. The molecule has 0 amide bonds. The van der Waals surface area contributed by atoms with Crippen molar-refractivity contribution in [2.24, 2.45) is 0 Å². The first-order valence-corrected chi connectivity index (χ1v) is 5.06. The zero-order chi connectivity index (χ0) is 10.3. The minimum Gasteiger partial charge on any atom is -0.399 e. The molecule has 3 rings (SSSR count). The number of para-hydroxylation sites is 1. The highest BCUT2D eigenvalue weighted by Crippen LogP contribution is 2.33. The SMILES string of the molecule is Nc1ccc2c(c1)Nc1ccccc1C2. The van der Waals surface area contributed by atoms with Crippen LogP contribution in [0.1, 0.15) is 11.1 Å². The zero-order valence-corrected chi connectivity index (χ0v) is 8.33. The van der Waals surface area contributed by atoms with Crippen LogP contribution < -0.4 is 11.1 Å². The molecule has 3 N–H and O–H groups in total. The lowest BCUT2D eigenvalue weighted by molar-refractivity contribution is 1.16. The Morgan fingerprint density at radius 3 is 2.67 bits per heavy atom. The van der Waals surface area contributed by atoms with Crippen molar-refractivity contribution < 1.29 is 0 Å². The Morgan fingerprint density at radius 1 is 0.933 bits per heavy atom. The number of fused-ring (bicyclic) bond motifs is 2. The molecule has 0 fully saturated rings. The van der Waals surface area contributed by atoms with Gasteiger partial charge < -0.3 is 11.1 Å². The first kappa shape index (κ1) is 8.36. The third kappa shape index (κ3) is 1.34. The van der Waals surface area contributed by atoms with Crippen LogP contribution in [0.25, 0.3) is 0 Å². The van der Waals surface area contributed by atoms with Gasteiger partial charge >= 0.3 is 0 Å². The van der Waals surface area contributed by atoms with Crippen LogP contribution in [0, 0.1) is 0 Å². The minimum atomic E-state index is 0.806. The number of anilines is 3. The van der Waals surface area contributed by atoms with Crippen LogP contribution in [-0.2, 0) is 6.42 Å². The van der Waals surface area contributed by atoms with Crippen LogP contribution in [0.15, 0.2) is 42.5 Å². The van der Waals surface area contributed by atoms with Crippen molar-refractivity contribution in [2.75, 3.05) is 11.1 Å². The second kappa shape index (κ2) is 3.02. The predicted molar refractivity (Wildman–Crippen MR) is 63.4 cm³/mol. The van der Waals surface area contributed by atoms with E-state index in [4.69, 9.17) is 5.73 Å². The summed E-state index contributed by atoms with van der Waals surface area (Å²) in [7, 11) is 0. The molecule has 1 aliphatic rings. The van der Waals surface area contributed by atoms with Gasteiger partial charge in [0.05, 0.1) is 0 Å². The van der Waals surface area contributed by atoms with Crippen molar-refractivity contribution in [1.29, 1.82) is 0 Å². The average molecular weight is 196 g/mol. The van der Waals surface area contributed by atoms with E-state index < -0.39 is 0 Å². The highest BCUT2D eigenvalue weighted by Gasteiger charge is 2.13. The van der Waals surface area contributed by atoms with Crippen molar-refractivity contribution in [1.82, 2.24) is 0 Å². The molecule has 0 radical (unpaired) electrons. The monoisotopic (exact) mass is 196 g/mol. The Hall–Kier alpha value is -1.96. The lowest BCUT2D eigenvalue weighted by Crippen LogP contribution is -2.06. The fourth-order valence-electron chi connectivity index (χ4n) is 2.01. The molecule has 15 heavy (non-hydrogen) atoms. The summed E-state index contributed by atoms with van der Waals surface area (Å²) in [6.07, 6.45) is 0.985. The van der Waals surface area contributed by atoms with E-state index in [0.29, 0.717) is 0 Å². The van der Waals surface area contributed by atoms with Crippen LogP contribution in [-0.4, -0.2) is 0 Å². The second-order valence-corrected chi connectivity index (χ2v) is 3.88. The molecule has 0 saturated carbocycles. The van der Waals surface area contributed by atoms with Crippen molar-refractivity contribution in [3.05, 3.63) is 53.6 Å². The highest BCUT2D eigenvalue weighted by molar-refractivity contribution is 5.73. The molecular formula is C13H12N2. The van der Waals surface area contributed by atoms with Gasteiger partial charge in [-0.3, -0.25) is 0 Å². The van der Waals surface area contributed by atoms with Crippen molar-refractivity contribution >= 4 is 17.1 Å². The molecule has 0 aromatic heterocycles. The molecule has 2 aromatic carbocycles. The van der Waals surface area contributed by atoms with Crippen LogP contribution in [0.4, 0.5) is 17.1 Å². The Kier molecular flexibility index (Phi) is 1.68. The number of benzene rings is 2. The van der Waals surface area contributed by atoms with E-state index in [2.05, 4.69) is 29.6 Å². The van der Waals surface area contributed by atoms with E-state index in [-0.39, 0.29) is 0 Å². The maximum atomic E-state index is 5.76. The summed E-state index contributed by atoms with van der Waals surface area (Å²) in [5.41, 5.74) is 11.5. The summed E-state index contributed by atoms with van der Waals surface area (Å²) < 4.78 is 0. The largest absolute Gasteiger partial charge is 0.399 e. The fourth-order valence-corrected chi connectivity index (χ4v) is 2.01. The topological polar surface area (TPSA) is 38.0 Å². The molecule has 0 spiro atoms. The van der Waals surface area contributed by atoms with Gasteiger partial charge in [-0.25, -0.2) is 0 Å². The van der Waals surface area contributed by atoms with Gasteiger partial charge in [-0.1, -0.05) is 24.3 Å². The molecule has 0 saturated heterocycles. The fraction of sp³-hybridized carbons (Fsp3) is 0.0769. The van der Waals surface area contributed by atoms with Crippen LogP contribution >= 0.6 is 0 Å². The number of hydrogen-bond donors (Lipinski definition) is 2. The molecule has 0 unspecified atom stereocenters. The molecular weight excluding hydrogens is 184 g/mol. The summed E-state index contributed by atoms with van der Waals surface area (Å²) in [5, 5.41) is 3.40. The lowest BCUT2D eigenvalue weighted by atomic mass is 9.97. The van der Waals surface area contributed by atoms with Gasteiger partial charge in [0, 0.05) is 23.5 Å². The van der Waals surface area contributed by atoms with Crippen molar-refractivity contribution in [3.8, 4) is 0 Å². The summed E-state index contributed by atoms with van der Waals surface area (Å²) in [6, 6.07) is 14.4. The van der Waals surface area contributed by atoms with Crippen LogP contribution in [0.3, 0.4) is 0 Å². The summed E-state index contributed by atoms with van der Waals surface area (Å²) in [4.78, 5) is 0. The average Bonchev–Trinajstić information content (AvgIpc) is 2.26. The number of nitrogen functional groups attached to an aromatic ring is 1. The number of rotatable bonds is 0. The molecule has 2 heteroatoms. The molecule has 0 bridgehead atoms. The lowest BCUT2D eigenvalue weighted by Gasteiger charge is -2.21. The molecule has 1 heterocycles. The molecule has 0 atom stereocenters. The van der Waals surface area contributed by atoms with Crippen molar-refractivity contribution in [3.63, 3.8) is 0 Å². The zero-order valence-electron chi connectivity index (χ0n) is 8.33. The van der Waals surface area contributed by atoms with E-state index in [1.54, 1.807) is 0 Å². The Labute approximate surface area is 88.7 Å². The minimum absolute atomic E-state index is 0.806. The second-order valence-electron chi connectivity index (χ2n) is 3.88. The smallest absolute Gasteiger partial charge is 0.0440 e. The van der Waals surface area contributed by atoms with Gasteiger partial charge in [0.25, 0.3) is 0 Å². The number of hydrogen-bond acceptors (Lipinski definition) is 2. The number of nitrogens with two attached hydrogens (primary N) is 1. The van der Waals surface area contributed by atoms with Gasteiger partial charge in [-0.2, -0.15) is 0 Å². The summed E-state index contributed by atoms with van der Waals surface area (Å²) >= 11 is 0. The van der Waals surface area contributed by atoms with Crippen LogP contribution in [0.2, 0.25) is 0 Å². The van der Waals surface area contributed by atoms with Gasteiger partial charge in [0.15, 0.2) is 0 Å². The van der Waals surface area contributed by atoms with E-state index in [9.17, 15) is 0 Å². The standard InChI is InChI=1S/C13H12N2/c14-11-6-5-10-7-9-3-1-2-4-12(9)15-13(10)8-11/h1-6,8,15H,7,14H2. The third-order valence-electron chi connectivity index (χ3n) is 2.80. The Morgan fingerprint density at radius 2 is 1.73 bits per heavy atom. The normalized spacial score (nSPS) is 12.5. The van der Waals surface area contributed by atoms with E-state index >= 15 is 0 Å². The highest BCUT2D eigenvalue weighted by atomic mass is 14.9. The first-order valence-electron chi connectivity index (χ1n) is 5.06. The van der Waals surface area contributed by atoms with E-state index in [1.807, 2.05) is 18.2 Å². The third-order valence-corrected chi connectivity index (χ3v) is 2.80. The van der Waals surface area contributed by atoms with Crippen molar-refractivity contribution in [2.45, 2.75) is 6.42 Å². The van der Waals surface area contributed by atoms with Gasteiger partial charge in [0.2, 0.25) is 0 Å². The molecule has 2 aromatic rings. The van der Waals surface area contributed by atoms with Gasteiger partial charge in [-0.15, -0.1) is 0 Å². The molecule has 0 aliphatic carbocycles. The quantitative estimate of drug-likeness (QED) is 0.542. The molecule has 2 nitrogen and oxygen atoms in total. The number of nitrogens with one attached hydrogen (secondary N) is 1. The predicted octanol–water partition coefficient (Wildman–Crippen LogP) is 2.92. The maximum Gasteiger partial charge on any atom is 0.0440 e. The Balaban J connectivity index is 2.11. The molecule has 74 valence electrons. The summed E-state index contributed by atoms with van der Waals surface area (Å²) in [5.74, 6) is 0. The maximum absolute atomic E-state index is 5.76.